The molecule has 7 nitrogen and oxygen atoms in total. The van der Waals surface area contributed by atoms with Gasteiger partial charge in [-0.15, -0.1) is 0 Å². The number of piperazine rings is 1. The maximum absolute atomic E-state index is 12.3. The summed E-state index contributed by atoms with van der Waals surface area (Å²) in [5, 5.41) is 4.42. The van der Waals surface area contributed by atoms with E-state index in [-0.39, 0.29) is 12.5 Å². The first-order valence-corrected chi connectivity index (χ1v) is 11.2. The molecule has 168 valence electrons. The summed E-state index contributed by atoms with van der Waals surface area (Å²) < 4.78 is 5.51. The Bertz CT molecular complexity index is 1100. The fourth-order valence-electron chi connectivity index (χ4n) is 3.80. The highest BCUT2D eigenvalue weighted by Gasteiger charge is 2.21. The number of halogens is 1. The van der Waals surface area contributed by atoms with E-state index < -0.39 is 0 Å². The fraction of sp³-hybridized carbons (Fsp3) is 0.375. The summed E-state index contributed by atoms with van der Waals surface area (Å²) in [6.45, 7) is 10.2. The third kappa shape index (κ3) is 5.29. The van der Waals surface area contributed by atoms with E-state index in [9.17, 15) is 4.79 Å². The predicted octanol–water partition coefficient (Wildman–Crippen LogP) is 4.14. The maximum atomic E-state index is 12.3. The van der Waals surface area contributed by atoms with Crippen molar-refractivity contribution >= 4 is 40.0 Å². The van der Waals surface area contributed by atoms with Gasteiger partial charge in [0.1, 0.15) is 5.75 Å². The molecule has 0 bridgehead atoms. The Morgan fingerprint density at radius 2 is 1.81 bits per heavy atom. The van der Waals surface area contributed by atoms with E-state index in [2.05, 4.69) is 29.0 Å². The quantitative estimate of drug-likeness (QED) is 0.604. The second kappa shape index (κ2) is 9.71. The van der Waals surface area contributed by atoms with Gasteiger partial charge in [0.2, 0.25) is 5.95 Å². The first kappa shape index (κ1) is 22.3. The van der Waals surface area contributed by atoms with Gasteiger partial charge in [-0.05, 0) is 63.2 Å². The molecule has 8 heteroatoms. The number of fused-ring (bicyclic) bond motifs is 1. The van der Waals surface area contributed by atoms with Crippen molar-refractivity contribution in [3.05, 3.63) is 53.2 Å². The van der Waals surface area contributed by atoms with Crippen LogP contribution in [0.5, 0.6) is 5.75 Å². The highest BCUT2D eigenvalue weighted by Crippen LogP contribution is 2.24. The van der Waals surface area contributed by atoms with Crippen molar-refractivity contribution < 1.29 is 9.53 Å². The summed E-state index contributed by atoms with van der Waals surface area (Å²) >= 11 is 5.86. The van der Waals surface area contributed by atoms with Gasteiger partial charge in [0, 0.05) is 48.3 Å². The largest absolute Gasteiger partial charge is 0.484 e. The molecule has 0 atom stereocenters. The zero-order chi connectivity index (χ0) is 22.7. The summed E-state index contributed by atoms with van der Waals surface area (Å²) in [4.78, 5) is 26.5. The number of ether oxygens (including phenoxy) is 1. The molecule has 1 aliphatic rings. The Morgan fingerprint density at radius 1 is 1.09 bits per heavy atom. The van der Waals surface area contributed by atoms with Crippen molar-refractivity contribution in [2.45, 2.75) is 26.8 Å². The van der Waals surface area contributed by atoms with Gasteiger partial charge in [0.25, 0.3) is 5.91 Å². The van der Waals surface area contributed by atoms with Crippen LogP contribution in [0.3, 0.4) is 0 Å². The van der Waals surface area contributed by atoms with Gasteiger partial charge >= 0.3 is 0 Å². The number of nitrogens with one attached hydrogen (secondary N) is 1. The summed E-state index contributed by atoms with van der Waals surface area (Å²) in [6, 6.07) is 13.1. The van der Waals surface area contributed by atoms with Gasteiger partial charge in [-0.25, -0.2) is 9.97 Å². The number of amides is 1. The average Bonchev–Trinajstić information content (AvgIpc) is 2.79. The van der Waals surface area contributed by atoms with Crippen LogP contribution in [0.4, 0.5) is 11.6 Å². The number of rotatable bonds is 6. The van der Waals surface area contributed by atoms with Crippen molar-refractivity contribution in [3.8, 4) is 5.75 Å². The van der Waals surface area contributed by atoms with Crippen LogP contribution >= 0.6 is 11.6 Å². The van der Waals surface area contributed by atoms with Gasteiger partial charge in [-0.2, -0.15) is 0 Å². The zero-order valence-electron chi connectivity index (χ0n) is 18.6. The minimum atomic E-state index is -0.238. The molecule has 0 spiro atoms. The van der Waals surface area contributed by atoms with E-state index in [0.717, 1.165) is 48.7 Å². The Hall–Kier alpha value is -2.90. The van der Waals surface area contributed by atoms with E-state index in [1.165, 1.54) is 0 Å². The van der Waals surface area contributed by atoms with Crippen LogP contribution in [0.1, 0.15) is 19.5 Å². The molecule has 0 radical (unpaired) electrons. The number of hydrogen-bond acceptors (Lipinski definition) is 6. The minimum absolute atomic E-state index is 0.0869. The molecular formula is C24H28ClN5O2. The molecule has 0 saturated carbocycles. The van der Waals surface area contributed by atoms with Gasteiger partial charge in [0.15, 0.2) is 6.61 Å². The summed E-state index contributed by atoms with van der Waals surface area (Å²) in [5.74, 6) is 1.12. The summed E-state index contributed by atoms with van der Waals surface area (Å²) in [7, 11) is 0. The van der Waals surface area contributed by atoms with E-state index in [1.54, 1.807) is 24.3 Å². The van der Waals surface area contributed by atoms with E-state index in [1.807, 2.05) is 25.1 Å². The Kier molecular flexibility index (Phi) is 6.77. The molecule has 3 aromatic rings. The lowest BCUT2D eigenvalue weighted by atomic mass is 10.1. The van der Waals surface area contributed by atoms with Crippen LogP contribution in [0.25, 0.3) is 10.9 Å². The number of carbonyl (C=O) groups is 1. The maximum Gasteiger partial charge on any atom is 0.262 e. The first-order valence-electron chi connectivity index (χ1n) is 10.8. The number of aryl methyl sites for hydroxylation is 1. The highest BCUT2D eigenvalue weighted by atomic mass is 35.5. The Morgan fingerprint density at radius 3 is 2.50 bits per heavy atom. The van der Waals surface area contributed by atoms with Crippen LogP contribution in [0.2, 0.25) is 5.02 Å². The lowest BCUT2D eigenvalue weighted by Crippen LogP contribution is -2.49. The third-order valence-electron chi connectivity index (χ3n) is 5.67. The van der Waals surface area contributed by atoms with E-state index in [0.29, 0.717) is 22.5 Å². The second-order valence-electron chi connectivity index (χ2n) is 8.25. The number of aromatic nitrogens is 2. The summed E-state index contributed by atoms with van der Waals surface area (Å²) in [6.07, 6.45) is 0. The van der Waals surface area contributed by atoms with Gasteiger partial charge < -0.3 is 15.0 Å². The normalized spacial score (nSPS) is 14.7. The van der Waals surface area contributed by atoms with Crippen LogP contribution in [-0.4, -0.2) is 59.6 Å². The number of anilines is 2. The molecule has 1 amide bonds. The standard InChI is InChI=1S/C24H28ClN5O2/c1-16(2)29-10-12-30(13-11-29)24-26-17(3)21-14-19(6-9-22(21)28-24)27-23(31)15-32-20-7-4-18(25)5-8-20/h4-9,14,16H,10-13,15H2,1-3H3,(H,27,31). The lowest BCUT2D eigenvalue weighted by molar-refractivity contribution is -0.118. The number of carbonyl (C=O) groups excluding carboxylic acids is 1. The highest BCUT2D eigenvalue weighted by molar-refractivity contribution is 6.30. The lowest BCUT2D eigenvalue weighted by Gasteiger charge is -2.37. The molecule has 4 rings (SSSR count). The van der Waals surface area contributed by atoms with Gasteiger partial charge in [0.05, 0.1) is 11.2 Å². The van der Waals surface area contributed by atoms with Crippen LogP contribution < -0.4 is 15.0 Å². The van der Waals surface area contributed by atoms with E-state index >= 15 is 0 Å². The monoisotopic (exact) mass is 453 g/mol. The molecule has 1 aliphatic heterocycles. The van der Waals surface area contributed by atoms with Crippen molar-refractivity contribution in [3.63, 3.8) is 0 Å². The number of benzene rings is 2. The van der Waals surface area contributed by atoms with Crippen LogP contribution in [0.15, 0.2) is 42.5 Å². The molecule has 0 unspecified atom stereocenters. The first-order chi connectivity index (χ1) is 15.4. The Labute approximate surface area is 193 Å². The van der Waals surface area contributed by atoms with Gasteiger partial charge in [-0.1, -0.05) is 11.6 Å². The molecule has 1 N–H and O–H groups in total. The second-order valence-corrected chi connectivity index (χ2v) is 8.68. The van der Waals surface area contributed by atoms with Crippen LogP contribution in [0, 0.1) is 6.92 Å². The summed E-state index contributed by atoms with van der Waals surface area (Å²) in [5.41, 5.74) is 2.45. The zero-order valence-corrected chi connectivity index (χ0v) is 19.4. The molecule has 32 heavy (non-hydrogen) atoms. The molecular weight excluding hydrogens is 426 g/mol. The van der Waals surface area contributed by atoms with Crippen molar-refractivity contribution in [1.82, 2.24) is 14.9 Å². The van der Waals surface area contributed by atoms with Crippen LogP contribution in [-0.2, 0) is 4.79 Å². The molecule has 1 aromatic heterocycles. The smallest absolute Gasteiger partial charge is 0.262 e. The van der Waals surface area contributed by atoms with E-state index in [4.69, 9.17) is 26.3 Å². The average molecular weight is 454 g/mol. The molecule has 1 saturated heterocycles. The minimum Gasteiger partial charge on any atom is -0.484 e. The SMILES string of the molecule is Cc1nc(N2CCN(C(C)C)CC2)nc2ccc(NC(=O)COc3ccc(Cl)cc3)cc12. The van der Waals surface area contributed by atoms with Gasteiger partial charge in [-0.3, -0.25) is 9.69 Å². The molecule has 1 fully saturated rings. The molecule has 2 aromatic carbocycles. The number of hydrogen-bond donors (Lipinski definition) is 1. The van der Waals surface area contributed by atoms with Crippen molar-refractivity contribution in [1.29, 1.82) is 0 Å². The predicted molar refractivity (Wildman–Crippen MR) is 129 cm³/mol. The van der Waals surface area contributed by atoms with Crippen molar-refractivity contribution in [2.24, 2.45) is 0 Å². The Balaban J connectivity index is 1.41. The third-order valence-corrected chi connectivity index (χ3v) is 5.92. The topological polar surface area (TPSA) is 70.6 Å². The number of nitrogens with zero attached hydrogens (tertiary/aromatic N) is 4. The molecule has 0 aliphatic carbocycles. The fourth-order valence-corrected chi connectivity index (χ4v) is 3.93. The molecule has 2 heterocycles. The van der Waals surface area contributed by atoms with Crippen molar-refractivity contribution in [2.75, 3.05) is 43.0 Å².